The first-order valence-electron chi connectivity index (χ1n) is 8.07. The highest BCUT2D eigenvalue weighted by Crippen LogP contribution is 2.26. The lowest BCUT2D eigenvalue weighted by atomic mass is 10.1. The van der Waals surface area contributed by atoms with E-state index >= 15 is 0 Å². The number of nitrogens with zero attached hydrogens (tertiary/aromatic N) is 4. The molecule has 27 heavy (non-hydrogen) atoms. The van der Waals surface area contributed by atoms with E-state index in [-0.39, 0.29) is 10.5 Å². The van der Waals surface area contributed by atoms with Crippen molar-refractivity contribution in [1.29, 1.82) is 0 Å². The van der Waals surface area contributed by atoms with Crippen molar-refractivity contribution in [2.75, 3.05) is 7.05 Å². The van der Waals surface area contributed by atoms with Gasteiger partial charge in [-0.3, -0.25) is 0 Å². The fraction of sp³-hybridized carbons (Fsp3) is 0.167. The predicted octanol–water partition coefficient (Wildman–Crippen LogP) is 2.35. The Labute approximate surface area is 156 Å². The molecule has 3 rings (SSSR count). The zero-order valence-corrected chi connectivity index (χ0v) is 15.5. The minimum atomic E-state index is -3.85. The molecule has 0 aliphatic heterocycles. The van der Waals surface area contributed by atoms with Crippen molar-refractivity contribution in [3.63, 3.8) is 0 Å². The van der Waals surface area contributed by atoms with E-state index in [2.05, 4.69) is 10.1 Å². The minimum absolute atomic E-state index is 0.0593. The summed E-state index contributed by atoms with van der Waals surface area (Å²) in [6.07, 6.45) is 3.01. The second kappa shape index (κ2) is 7.29. The molecule has 2 aromatic carbocycles. The molecule has 1 N–H and O–H groups in total. The lowest BCUT2D eigenvalue weighted by molar-refractivity contribution is 0.0696. The van der Waals surface area contributed by atoms with Crippen LogP contribution < -0.4 is 0 Å². The fourth-order valence-corrected chi connectivity index (χ4v) is 4.02. The zero-order valence-electron chi connectivity index (χ0n) is 14.7. The molecule has 1 aromatic heterocycles. The molecule has 0 amide bonds. The molecule has 1 heterocycles. The molecule has 0 unspecified atom stereocenters. The summed E-state index contributed by atoms with van der Waals surface area (Å²) in [5, 5.41) is 13.1. The Morgan fingerprint density at radius 2 is 1.89 bits per heavy atom. The van der Waals surface area contributed by atoms with Crippen molar-refractivity contribution < 1.29 is 18.3 Å². The molecular weight excluding hydrogens is 368 g/mol. The maximum atomic E-state index is 12.9. The lowest BCUT2D eigenvalue weighted by Gasteiger charge is -2.25. The largest absolute Gasteiger partial charge is 0.478 e. The number of aromatic nitrogens is 3. The van der Waals surface area contributed by atoms with Gasteiger partial charge in [-0.2, -0.15) is 9.40 Å². The van der Waals surface area contributed by atoms with Crippen LogP contribution >= 0.6 is 0 Å². The van der Waals surface area contributed by atoms with Gasteiger partial charge in [0.15, 0.2) is 0 Å². The van der Waals surface area contributed by atoms with Crippen LogP contribution in [0.2, 0.25) is 0 Å². The van der Waals surface area contributed by atoms with Crippen molar-refractivity contribution in [2.45, 2.75) is 17.9 Å². The summed E-state index contributed by atoms with van der Waals surface area (Å²) in [6.45, 7) is 1.77. The zero-order chi connectivity index (χ0) is 19.6. The van der Waals surface area contributed by atoms with E-state index in [1.807, 2.05) is 24.3 Å². The Hall–Kier alpha value is -3.04. The topological polar surface area (TPSA) is 105 Å². The predicted molar refractivity (Wildman–Crippen MR) is 98.1 cm³/mol. The number of sulfonamides is 1. The van der Waals surface area contributed by atoms with Crippen molar-refractivity contribution in [2.24, 2.45) is 0 Å². The van der Waals surface area contributed by atoms with Crippen LogP contribution in [-0.2, 0) is 10.0 Å². The van der Waals surface area contributed by atoms with E-state index in [1.165, 1.54) is 35.9 Å². The molecule has 0 saturated carbocycles. The van der Waals surface area contributed by atoms with Crippen LogP contribution in [0.5, 0.6) is 0 Å². The summed E-state index contributed by atoms with van der Waals surface area (Å²) in [7, 11) is -2.38. The quantitative estimate of drug-likeness (QED) is 0.697. The van der Waals surface area contributed by atoms with E-state index in [0.29, 0.717) is 0 Å². The number of benzene rings is 2. The Morgan fingerprint density at radius 3 is 2.48 bits per heavy atom. The summed E-state index contributed by atoms with van der Waals surface area (Å²) in [6, 6.07) is 12.2. The second-order valence-electron chi connectivity index (χ2n) is 5.96. The molecule has 0 radical (unpaired) electrons. The van der Waals surface area contributed by atoms with E-state index in [1.54, 1.807) is 17.9 Å². The molecule has 0 spiro atoms. The number of carboxylic acid groups (broad SMARTS) is 1. The number of hydrogen-bond acceptors (Lipinski definition) is 5. The molecule has 3 aromatic rings. The highest BCUT2D eigenvalue weighted by atomic mass is 32.2. The Morgan fingerprint density at radius 1 is 1.19 bits per heavy atom. The van der Waals surface area contributed by atoms with E-state index in [0.717, 1.165) is 17.3 Å². The molecule has 0 saturated heterocycles. The summed E-state index contributed by atoms with van der Waals surface area (Å²) in [4.78, 5) is 14.9. The summed E-state index contributed by atoms with van der Waals surface area (Å²) in [5.41, 5.74) is 1.52. The molecule has 9 heteroatoms. The van der Waals surface area contributed by atoms with Gasteiger partial charge in [0, 0.05) is 13.1 Å². The number of carbonyl (C=O) groups is 1. The van der Waals surface area contributed by atoms with Crippen LogP contribution in [0.1, 0.15) is 28.9 Å². The molecule has 0 aliphatic rings. The summed E-state index contributed by atoms with van der Waals surface area (Å²) in [5.74, 6) is -1.17. The summed E-state index contributed by atoms with van der Waals surface area (Å²) >= 11 is 0. The van der Waals surface area contributed by atoms with E-state index < -0.39 is 22.0 Å². The highest BCUT2D eigenvalue weighted by molar-refractivity contribution is 7.89. The van der Waals surface area contributed by atoms with Gasteiger partial charge in [0.1, 0.15) is 12.7 Å². The monoisotopic (exact) mass is 386 g/mol. The van der Waals surface area contributed by atoms with Crippen molar-refractivity contribution in [3.8, 4) is 5.69 Å². The first-order valence-corrected chi connectivity index (χ1v) is 9.51. The first kappa shape index (κ1) is 18.7. The molecule has 0 fully saturated rings. The maximum absolute atomic E-state index is 12.9. The third-order valence-electron chi connectivity index (χ3n) is 4.36. The molecule has 0 bridgehead atoms. The molecule has 140 valence electrons. The maximum Gasteiger partial charge on any atom is 0.335 e. The molecular formula is C18H18N4O4S. The van der Waals surface area contributed by atoms with Gasteiger partial charge in [-0.1, -0.05) is 18.2 Å². The molecule has 0 aliphatic carbocycles. The third-order valence-corrected chi connectivity index (χ3v) is 6.29. The molecule has 8 nitrogen and oxygen atoms in total. The second-order valence-corrected chi connectivity index (χ2v) is 7.96. The smallest absolute Gasteiger partial charge is 0.335 e. The third kappa shape index (κ3) is 3.74. The van der Waals surface area contributed by atoms with Crippen LogP contribution in [0.15, 0.2) is 66.1 Å². The number of rotatable bonds is 6. The number of carboxylic acids is 1. The molecule has 1 atom stereocenters. The number of aromatic carboxylic acids is 1. The van der Waals surface area contributed by atoms with Crippen molar-refractivity contribution in [1.82, 2.24) is 19.1 Å². The Bertz CT molecular complexity index is 1050. The van der Waals surface area contributed by atoms with Crippen LogP contribution in [-0.4, -0.2) is 45.6 Å². The van der Waals surface area contributed by atoms with Crippen LogP contribution in [0.3, 0.4) is 0 Å². The lowest BCUT2D eigenvalue weighted by Crippen LogP contribution is -2.30. The SMILES string of the molecule is C[C@H](c1ccc(-n2cncn2)cc1)N(C)S(=O)(=O)c1cccc(C(=O)O)c1. The van der Waals surface area contributed by atoms with Gasteiger partial charge < -0.3 is 5.11 Å². The van der Waals surface area contributed by atoms with E-state index in [9.17, 15) is 13.2 Å². The average Bonchev–Trinajstić information content (AvgIpc) is 3.22. The highest BCUT2D eigenvalue weighted by Gasteiger charge is 2.27. The van der Waals surface area contributed by atoms with Crippen LogP contribution in [0, 0.1) is 0 Å². The normalized spacial score (nSPS) is 12.9. The van der Waals surface area contributed by atoms with Crippen LogP contribution in [0.4, 0.5) is 0 Å². The first-order chi connectivity index (χ1) is 12.8. The van der Waals surface area contributed by atoms with Crippen molar-refractivity contribution >= 4 is 16.0 Å². The van der Waals surface area contributed by atoms with Crippen molar-refractivity contribution in [3.05, 3.63) is 72.3 Å². The van der Waals surface area contributed by atoms with Gasteiger partial charge in [0.05, 0.1) is 16.1 Å². The van der Waals surface area contributed by atoms with Gasteiger partial charge in [0.2, 0.25) is 10.0 Å². The van der Waals surface area contributed by atoms with Crippen LogP contribution in [0.25, 0.3) is 5.69 Å². The van der Waals surface area contributed by atoms with Gasteiger partial charge in [-0.25, -0.2) is 22.9 Å². The standard InChI is InChI=1S/C18H18N4O4S/c1-13(14-6-8-16(9-7-14)22-12-19-11-20-22)21(2)27(25,26)17-5-3-4-15(10-17)18(23)24/h3-13H,1-2H3,(H,23,24)/t13-/m1/s1. The number of hydrogen-bond donors (Lipinski definition) is 1. The van der Waals surface area contributed by atoms with E-state index in [4.69, 9.17) is 5.11 Å². The van der Waals surface area contributed by atoms with Gasteiger partial charge in [-0.05, 0) is 42.8 Å². The Balaban J connectivity index is 1.86. The Kier molecular flexibility index (Phi) is 5.06. The average molecular weight is 386 g/mol. The minimum Gasteiger partial charge on any atom is -0.478 e. The van der Waals surface area contributed by atoms with Gasteiger partial charge in [0.25, 0.3) is 0 Å². The van der Waals surface area contributed by atoms with Gasteiger partial charge in [-0.15, -0.1) is 0 Å². The van der Waals surface area contributed by atoms with Gasteiger partial charge >= 0.3 is 5.97 Å². The fourth-order valence-electron chi connectivity index (χ4n) is 2.62. The summed E-state index contributed by atoms with van der Waals surface area (Å²) < 4.78 is 28.6.